The second-order valence-corrected chi connectivity index (χ2v) is 14.6. The van der Waals surface area contributed by atoms with E-state index in [0.717, 1.165) is 81.2 Å². The molecule has 1 aromatic carbocycles. The zero-order valence-electron chi connectivity index (χ0n) is 27.7. The number of benzene rings is 1. The number of aromatic nitrogens is 4. The Balaban J connectivity index is 1.25. The second-order valence-electron chi connectivity index (χ2n) is 14.6. The van der Waals surface area contributed by atoms with E-state index in [2.05, 4.69) is 49.1 Å². The van der Waals surface area contributed by atoms with Crippen LogP contribution in [0.15, 0.2) is 43.0 Å². The van der Waals surface area contributed by atoms with E-state index in [1.165, 1.54) is 11.1 Å². The Bertz CT molecular complexity index is 1510. The molecule has 0 radical (unpaired) electrons. The first-order valence-corrected chi connectivity index (χ1v) is 16.9. The molecule has 0 N–H and O–H groups in total. The number of aryl methyl sites for hydroxylation is 1. The molecule has 2 aromatic heterocycles. The molecule has 0 spiro atoms. The number of hydrogen-bond acceptors (Lipinski definition) is 6. The Labute approximate surface area is 268 Å². The van der Waals surface area contributed by atoms with Crippen molar-refractivity contribution in [2.24, 2.45) is 17.3 Å². The van der Waals surface area contributed by atoms with Crippen molar-refractivity contribution in [3.8, 4) is 17.0 Å². The summed E-state index contributed by atoms with van der Waals surface area (Å²) < 4.78 is 7.47. The summed E-state index contributed by atoms with van der Waals surface area (Å²) in [6, 6.07) is 8.96. The third-order valence-corrected chi connectivity index (χ3v) is 11.3. The molecule has 2 bridgehead atoms. The van der Waals surface area contributed by atoms with E-state index in [-0.39, 0.29) is 34.5 Å². The van der Waals surface area contributed by atoms with Crippen molar-refractivity contribution in [1.82, 2.24) is 19.7 Å². The molecule has 8 nitrogen and oxygen atoms in total. The Kier molecular flexibility index (Phi) is 8.86. The fraction of sp³-hybridized carbons (Fsp3) is 0.595. The van der Waals surface area contributed by atoms with Crippen LogP contribution in [0.2, 0.25) is 0 Å². The maximum absolute atomic E-state index is 14.5. The van der Waals surface area contributed by atoms with Crippen LogP contribution in [0.4, 0.5) is 5.82 Å². The van der Waals surface area contributed by atoms with E-state index in [1.54, 1.807) is 20.4 Å². The first-order valence-electron chi connectivity index (χ1n) is 16.9. The number of carbonyl (C=O) groups is 2. The minimum atomic E-state index is -0.0414. The van der Waals surface area contributed by atoms with Crippen LogP contribution in [-0.2, 0) is 15.0 Å². The van der Waals surface area contributed by atoms with Gasteiger partial charge in [0.15, 0.2) is 0 Å². The minimum absolute atomic E-state index is 0.0414. The first-order chi connectivity index (χ1) is 21.6. The maximum atomic E-state index is 14.5. The molecule has 0 unspecified atom stereocenters. The van der Waals surface area contributed by atoms with Gasteiger partial charge in [0.05, 0.1) is 19.0 Å². The lowest BCUT2D eigenvalue weighted by atomic mass is 9.51. The van der Waals surface area contributed by atoms with Crippen LogP contribution in [0.25, 0.3) is 11.3 Å². The summed E-state index contributed by atoms with van der Waals surface area (Å²) in [5.41, 5.74) is 4.64. The number of methoxy groups -OCH3 is 1. The average Bonchev–Trinajstić information content (AvgIpc) is 3.56. The third kappa shape index (κ3) is 6.43. The molecule has 1 amide bonds. The molecule has 4 saturated carbocycles. The lowest BCUT2D eigenvalue weighted by molar-refractivity contribution is -0.124. The van der Waals surface area contributed by atoms with Crippen LogP contribution in [0, 0.1) is 24.2 Å². The smallest absolute Gasteiger partial charge is 0.231 e. The number of fused-ring (bicyclic) bond motifs is 3. The van der Waals surface area contributed by atoms with Crippen LogP contribution >= 0.6 is 0 Å². The van der Waals surface area contributed by atoms with Crippen LogP contribution < -0.4 is 9.64 Å². The van der Waals surface area contributed by atoms with Crippen molar-refractivity contribution in [3.63, 3.8) is 0 Å². The lowest BCUT2D eigenvalue weighted by Gasteiger charge is -2.55. The largest absolute Gasteiger partial charge is 0.496 e. The number of Topliss-reactive ketones (excluding diaryl/α,β-unsaturated/α-hetero) is 1. The van der Waals surface area contributed by atoms with Crippen LogP contribution in [0.3, 0.4) is 0 Å². The summed E-state index contributed by atoms with van der Waals surface area (Å²) in [4.78, 5) is 37.5. The van der Waals surface area contributed by atoms with Gasteiger partial charge in [-0.2, -0.15) is 5.10 Å². The highest BCUT2D eigenvalue weighted by atomic mass is 16.5. The summed E-state index contributed by atoms with van der Waals surface area (Å²) >= 11 is 0. The van der Waals surface area contributed by atoms with Crippen molar-refractivity contribution in [2.45, 2.75) is 110 Å². The molecule has 2 heterocycles. The fourth-order valence-corrected chi connectivity index (χ4v) is 8.39. The predicted octanol–water partition coefficient (Wildman–Crippen LogP) is 7.65. The summed E-state index contributed by atoms with van der Waals surface area (Å²) in [6.07, 6.45) is 16.3. The molecule has 8 heteroatoms. The van der Waals surface area contributed by atoms with E-state index in [0.29, 0.717) is 24.7 Å². The molecule has 0 aliphatic heterocycles. The van der Waals surface area contributed by atoms with E-state index in [1.807, 2.05) is 28.0 Å². The Morgan fingerprint density at radius 1 is 1.02 bits per heavy atom. The lowest BCUT2D eigenvalue weighted by Crippen LogP contribution is -2.52. The van der Waals surface area contributed by atoms with Gasteiger partial charge in [-0.3, -0.25) is 14.4 Å². The molecular weight excluding hydrogens is 562 g/mol. The Morgan fingerprint density at radius 2 is 1.73 bits per heavy atom. The van der Waals surface area contributed by atoms with Gasteiger partial charge in [-0.1, -0.05) is 12.1 Å². The first kappa shape index (κ1) is 31.4. The van der Waals surface area contributed by atoms with Crippen LogP contribution in [0.5, 0.6) is 5.75 Å². The third-order valence-electron chi connectivity index (χ3n) is 11.3. The van der Waals surface area contributed by atoms with Gasteiger partial charge in [-0.05, 0) is 126 Å². The van der Waals surface area contributed by atoms with E-state index in [9.17, 15) is 9.59 Å². The Hall–Kier alpha value is -3.55. The minimum Gasteiger partial charge on any atom is -0.496 e. The maximum Gasteiger partial charge on any atom is 0.231 e. The van der Waals surface area contributed by atoms with Crippen LogP contribution in [-0.4, -0.2) is 45.1 Å². The number of nitrogens with zero attached hydrogens (tertiary/aromatic N) is 5. The van der Waals surface area contributed by atoms with Gasteiger partial charge in [0, 0.05) is 42.8 Å². The van der Waals surface area contributed by atoms with Gasteiger partial charge in [0.2, 0.25) is 5.91 Å². The average molecular weight is 612 g/mol. The zero-order chi connectivity index (χ0) is 31.8. The van der Waals surface area contributed by atoms with Gasteiger partial charge >= 0.3 is 0 Å². The SMILES string of the molecule is COc1ccc(C23CCC(CN(C(=O)C4CCC(CC(C)=O)CC4)c4cc(-c5cnn(C(C)C)c5)ncn4)(CC2)CC3)cc1C. The molecule has 0 saturated heterocycles. The number of ketones is 1. The van der Waals surface area contributed by atoms with Gasteiger partial charge in [-0.15, -0.1) is 0 Å². The fourth-order valence-electron chi connectivity index (χ4n) is 8.39. The van der Waals surface area contributed by atoms with Gasteiger partial charge in [0.1, 0.15) is 23.7 Å². The molecule has 240 valence electrons. The topological polar surface area (TPSA) is 90.2 Å². The van der Waals surface area contributed by atoms with Gasteiger partial charge in [-0.25, -0.2) is 9.97 Å². The second kappa shape index (κ2) is 12.7. The number of amides is 1. The van der Waals surface area contributed by atoms with E-state index >= 15 is 0 Å². The molecule has 45 heavy (non-hydrogen) atoms. The van der Waals surface area contributed by atoms with Crippen LogP contribution in [0.1, 0.15) is 109 Å². The molecular formula is C37H49N5O3. The predicted molar refractivity (Wildman–Crippen MR) is 176 cm³/mol. The standard InChI is InChI=1S/C37H49N5O3/c1-25(2)42-22-30(21-40-42)32-20-34(39-24-38-32)41(35(44)29-8-6-28(7-9-29)19-27(4)43)23-36-12-15-37(16-13-36,17-14-36)31-10-11-33(45-5)26(3)18-31/h10-11,18,20-22,24-25,28-29H,6-9,12-17,19,23H2,1-5H3. The van der Waals surface area contributed by atoms with Crippen molar-refractivity contribution in [1.29, 1.82) is 0 Å². The summed E-state index contributed by atoms with van der Waals surface area (Å²) in [5, 5.41) is 4.52. The molecule has 4 aliphatic carbocycles. The molecule has 3 aromatic rings. The summed E-state index contributed by atoms with van der Waals surface area (Å²) in [5.74, 6) is 2.42. The number of carbonyl (C=O) groups excluding carboxylic acids is 2. The number of rotatable bonds is 10. The van der Waals surface area contributed by atoms with Gasteiger partial charge in [0.25, 0.3) is 0 Å². The summed E-state index contributed by atoms with van der Waals surface area (Å²) in [7, 11) is 1.74. The van der Waals surface area contributed by atoms with Crippen molar-refractivity contribution in [3.05, 3.63) is 54.1 Å². The van der Waals surface area contributed by atoms with E-state index < -0.39 is 0 Å². The summed E-state index contributed by atoms with van der Waals surface area (Å²) in [6.45, 7) is 8.71. The highest BCUT2D eigenvalue weighted by Gasteiger charge is 2.51. The zero-order valence-corrected chi connectivity index (χ0v) is 27.7. The molecule has 7 rings (SSSR count). The van der Waals surface area contributed by atoms with Crippen molar-refractivity contribution in [2.75, 3.05) is 18.6 Å². The number of hydrogen-bond donors (Lipinski definition) is 0. The number of ether oxygens (including phenoxy) is 1. The van der Waals surface area contributed by atoms with Gasteiger partial charge < -0.3 is 9.53 Å². The van der Waals surface area contributed by atoms with Crippen molar-refractivity contribution < 1.29 is 14.3 Å². The molecule has 4 fully saturated rings. The Morgan fingerprint density at radius 3 is 2.33 bits per heavy atom. The highest BCUT2D eigenvalue weighted by Crippen LogP contribution is 2.58. The number of anilines is 1. The molecule has 0 atom stereocenters. The monoisotopic (exact) mass is 611 g/mol. The highest BCUT2D eigenvalue weighted by molar-refractivity contribution is 5.94. The van der Waals surface area contributed by atoms with Crippen molar-refractivity contribution >= 4 is 17.5 Å². The van der Waals surface area contributed by atoms with E-state index in [4.69, 9.17) is 9.72 Å². The molecule has 4 aliphatic rings. The normalized spacial score (nSPS) is 26.2. The quantitative estimate of drug-likeness (QED) is 0.234.